The maximum Gasteiger partial charge on any atom is 0.0938 e. The largest absolute Gasteiger partial charge is 0.389 e. The summed E-state index contributed by atoms with van der Waals surface area (Å²) >= 11 is 1.67. The molecule has 0 spiro atoms. The lowest BCUT2D eigenvalue weighted by Crippen LogP contribution is -2.22. The second kappa shape index (κ2) is 3.75. The smallest absolute Gasteiger partial charge is 0.0938 e. The van der Waals surface area contributed by atoms with Crippen LogP contribution < -0.4 is 0 Å². The number of rotatable bonds is 2. The predicted octanol–water partition coefficient (Wildman–Crippen LogP) is 0.285. The maximum absolute atomic E-state index is 9.31. The molecule has 1 aromatic rings. The van der Waals surface area contributed by atoms with Crippen LogP contribution in [0.2, 0.25) is 0 Å². The molecule has 1 aromatic heterocycles. The fourth-order valence-electron chi connectivity index (χ4n) is 1.62. The summed E-state index contributed by atoms with van der Waals surface area (Å²) in [6.45, 7) is 1.99. The average molecular weight is 199 g/mol. The number of hydrogen-bond acceptors (Lipinski definition) is 4. The molecular formula is C9H13NO2S. The highest BCUT2D eigenvalue weighted by Crippen LogP contribution is 2.15. The van der Waals surface area contributed by atoms with E-state index in [2.05, 4.69) is 16.3 Å². The van der Waals surface area contributed by atoms with E-state index in [4.69, 9.17) is 0 Å². The van der Waals surface area contributed by atoms with Crippen LogP contribution >= 0.6 is 11.3 Å². The van der Waals surface area contributed by atoms with Gasteiger partial charge in [-0.25, -0.2) is 0 Å². The molecule has 2 N–H and O–H groups in total. The summed E-state index contributed by atoms with van der Waals surface area (Å²) in [5.74, 6) is 0. The van der Waals surface area contributed by atoms with Crippen LogP contribution in [0.3, 0.4) is 0 Å². The van der Waals surface area contributed by atoms with Gasteiger partial charge in [0.05, 0.1) is 12.2 Å². The molecule has 0 bridgehead atoms. The van der Waals surface area contributed by atoms with Gasteiger partial charge < -0.3 is 10.2 Å². The molecule has 0 saturated carbocycles. The van der Waals surface area contributed by atoms with Crippen molar-refractivity contribution in [3.05, 3.63) is 22.4 Å². The lowest BCUT2D eigenvalue weighted by atomic mass is 10.3. The van der Waals surface area contributed by atoms with E-state index in [0.29, 0.717) is 13.1 Å². The lowest BCUT2D eigenvalue weighted by Gasteiger charge is -2.12. The Morgan fingerprint density at radius 3 is 2.62 bits per heavy atom. The molecule has 1 aliphatic rings. The minimum atomic E-state index is -0.571. The molecule has 2 heterocycles. The highest BCUT2D eigenvalue weighted by atomic mass is 32.1. The zero-order valence-electron chi connectivity index (χ0n) is 7.26. The van der Waals surface area contributed by atoms with Crippen LogP contribution in [0.5, 0.6) is 0 Å². The van der Waals surface area contributed by atoms with Gasteiger partial charge in [0.1, 0.15) is 0 Å². The summed E-state index contributed by atoms with van der Waals surface area (Å²) in [4.78, 5) is 2.07. The number of hydrogen-bond donors (Lipinski definition) is 2. The van der Waals surface area contributed by atoms with Gasteiger partial charge in [-0.1, -0.05) is 0 Å². The Bertz CT molecular complexity index is 253. The summed E-state index contributed by atoms with van der Waals surface area (Å²) < 4.78 is 0. The van der Waals surface area contributed by atoms with Crippen molar-refractivity contribution in [1.29, 1.82) is 0 Å². The van der Waals surface area contributed by atoms with Crippen LogP contribution in [0.1, 0.15) is 5.56 Å². The van der Waals surface area contributed by atoms with Crippen molar-refractivity contribution in [3.63, 3.8) is 0 Å². The highest BCUT2D eigenvalue weighted by molar-refractivity contribution is 7.07. The third-order valence-corrected chi connectivity index (χ3v) is 3.05. The van der Waals surface area contributed by atoms with E-state index in [1.54, 1.807) is 11.3 Å². The Morgan fingerprint density at radius 1 is 1.38 bits per heavy atom. The topological polar surface area (TPSA) is 43.7 Å². The monoisotopic (exact) mass is 199 g/mol. The van der Waals surface area contributed by atoms with Gasteiger partial charge in [-0.3, -0.25) is 4.90 Å². The van der Waals surface area contributed by atoms with E-state index < -0.39 is 12.2 Å². The molecule has 0 amide bonds. The molecule has 4 heteroatoms. The SMILES string of the molecule is OC1CN(Cc2ccsc2)CC1O. The lowest BCUT2D eigenvalue weighted by molar-refractivity contribution is 0.0572. The predicted molar refractivity (Wildman–Crippen MR) is 51.6 cm³/mol. The van der Waals surface area contributed by atoms with Gasteiger partial charge in [0.2, 0.25) is 0 Å². The van der Waals surface area contributed by atoms with Gasteiger partial charge in [0.25, 0.3) is 0 Å². The van der Waals surface area contributed by atoms with Crippen LogP contribution in [-0.2, 0) is 6.54 Å². The minimum Gasteiger partial charge on any atom is -0.389 e. The second-order valence-corrected chi connectivity index (χ2v) is 4.24. The fraction of sp³-hybridized carbons (Fsp3) is 0.556. The van der Waals surface area contributed by atoms with Crippen LogP contribution in [0.15, 0.2) is 16.8 Å². The van der Waals surface area contributed by atoms with Crippen molar-refractivity contribution in [1.82, 2.24) is 4.90 Å². The van der Waals surface area contributed by atoms with Gasteiger partial charge in [0.15, 0.2) is 0 Å². The number of aliphatic hydroxyl groups is 2. The normalized spacial score (nSPS) is 29.7. The quantitative estimate of drug-likeness (QED) is 0.719. The van der Waals surface area contributed by atoms with Gasteiger partial charge in [-0.05, 0) is 22.4 Å². The molecule has 2 rings (SSSR count). The van der Waals surface area contributed by atoms with Crippen molar-refractivity contribution >= 4 is 11.3 Å². The van der Waals surface area contributed by atoms with Crippen LogP contribution in [-0.4, -0.2) is 40.4 Å². The van der Waals surface area contributed by atoms with Gasteiger partial charge >= 0.3 is 0 Å². The van der Waals surface area contributed by atoms with E-state index >= 15 is 0 Å². The third-order valence-electron chi connectivity index (χ3n) is 2.32. The van der Waals surface area contributed by atoms with E-state index in [9.17, 15) is 10.2 Å². The minimum absolute atomic E-state index is 0.571. The summed E-state index contributed by atoms with van der Waals surface area (Å²) in [7, 11) is 0. The zero-order chi connectivity index (χ0) is 9.26. The van der Waals surface area contributed by atoms with Gasteiger partial charge in [-0.2, -0.15) is 11.3 Å². The van der Waals surface area contributed by atoms with E-state index in [-0.39, 0.29) is 0 Å². The van der Waals surface area contributed by atoms with Crippen LogP contribution in [0.25, 0.3) is 0 Å². The fourth-order valence-corrected chi connectivity index (χ4v) is 2.28. The van der Waals surface area contributed by atoms with Crippen molar-refractivity contribution in [2.75, 3.05) is 13.1 Å². The zero-order valence-corrected chi connectivity index (χ0v) is 8.07. The Balaban J connectivity index is 1.91. The first-order valence-electron chi connectivity index (χ1n) is 4.35. The van der Waals surface area contributed by atoms with Crippen molar-refractivity contribution in [3.8, 4) is 0 Å². The first-order chi connectivity index (χ1) is 6.25. The van der Waals surface area contributed by atoms with Crippen molar-refractivity contribution in [2.45, 2.75) is 18.8 Å². The summed E-state index contributed by atoms with van der Waals surface area (Å²) in [5.41, 5.74) is 1.26. The molecule has 2 unspecified atom stereocenters. The molecule has 0 radical (unpaired) electrons. The number of aliphatic hydroxyl groups excluding tert-OH is 2. The van der Waals surface area contributed by atoms with Crippen molar-refractivity contribution < 1.29 is 10.2 Å². The Morgan fingerprint density at radius 2 is 2.08 bits per heavy atom. The van der Waals surface area contributed by atoms with E-state index in [0.717, 1.165) is 6.54 Å². The van der Waals surface area contributed by atoms with Gasteiger partial charge in [0, 0.05) is 19.6 Å². The van der Waals surface area contributed by atoms with Crippen LogP contribution in [0, 0.1) is 0 Å². The van der Waals surface area contributed by atoms with Crippen molar-refractivity contribution in [2.24, 2.45) is 0 Å². The first kappa shape index (κ1) is 9.15. The number of β-amino-alcohol motifs (C(OH)–C–C–N with tert-alkyl or cyclic N) is 2. The Kier molecular flexibility index (Phi) is 2.64. The molecule has 13 heavy (non-hydrogen) atoms. The molecule has 0 aromatic carbocycles. The summed E-state index contributed by atoms with van der Waals surface area (Å²) in [5, 5.41) is 22.7. The number of nitrogens with zero attached hydrogens (tertiary/aromatic N) is 1. The summed E-state index contributed by atoms with van der Waals surface area (Å²) in [6, 6.07) is 2.07. The molecule has 72 valence electrons. The Labute approximate surface area is 81.2 Å². The molecule has 1 aliphatic heterocycles. The third kappa shape index (κ3) is 2.08. The Hall–Kier alpha value is -0.420. The van der Waals surface area contributed by atoms with E-state index in [1.807, 2.05) is 5.38 Å². The highest BCUT2D eigenvalue weighted by Gasteiger charge is 2.29. The van der Waals surface area contributed by atoms with Gasteiger partial charge in [-0.15, -0.1) is 0 Å². The number of likely N-dealkylation sites (tertiary alicyclic amines) is 1. The van der Waals surface area contributed by atoms with E-state index in [1.165, 1.54) is 5.56 Å². The summed E-state index contributed by atoms with van der Waals surface area (Å²) in [6.07, 6.45) is -1.14. The molecular weight excluding hydrogens is 186 g/mol. The van der Waals surface area contributed by atoms with Crippen LogP contribution in [0.4, 0.5) is 0 Å². The molecule has 3 nitrogen and oxygen atoms in total. The number of thiophene rings is 1. The molecule has 0 aliphatic carbocycles. The first-order valence-corrected chi connectivity index (χ1v) is 5.29. The molecule has 1 fully saturated rings. The molecule has 1 saturated heterocycles. The average Bonchev–Trinajstić information content (AvgIpc) is 2.64. The maximum atomic E-state index is 9.31. The second-order valence-electron chi connectivity index (χ2n) is 3.46. The standard InChI is InChI=1S/C9H13NO2S/c11-8-4-10(5-9(8)12)3-7-1-2-13-6-7/h1-2,6,8-9,11-12H,3-5H2. The molecule has 2 atom stereocenters.